The third-order valence-electron chi connectivity index (χ3n) is 3.50. The number of aromatic nitrogens is 1. The van der Waals surface area contributed by atoms with Gasteiger partial charge in [0.15, 0.2) is 0 Å². The van der Waals surface area contributed by atoms with Gasteiger partial charge in [-0.25, -0.2) is 0 Å². The molecule has 0 aliphatic heterocycles. The van der Waals surface area contributed by atoms with Crippen molar-refractivity contribution in [3.8, 4) is 6.07 Å². The Hall–Kier alpha value is -3.17. The Morgan fingerprint density at radius 2 is 1.88 bits per heavy atom. The molecule has 122 valence electrons. The molecule has 25 heavy (non-hydrogen) atoms. The molecule has 3 aromatic rings. The monoisotopic (exact) mass is 346 g/mol. The maximum absolute atomic E-state index is 11.3. The Bertz CT molecular complexity index is 891. The topological polar surface area (TPSA) is 69.3 Å². The zero-order valence-electron chi connectivity index (χ0n) is 13.2. The summed E-state index contributed by atoms with van der Waals surface area (Å²) < 4.78 is 0. The summed E-state index contributed by atoms with van der Waals surface area (Å²) in [5.41, 5.74) is 2.70. The van der Waals surface area contributed by atoms with E-state index in [2.05, 4.69) is 16.3 Å². The van der Waals surface area contributed by atoms with Gasteiger partial charge in [0.1, 0.15) is 0 Å². The predicted octanol–water partition coefficient (Wildman–Crippen LogP) is 5.07. The Morgan fingerprint density at radius 3 is 2.56 bits per heavy atom. The van der Waals surface area contributed by atoms with Gasteiger partial charge in [-0.05, 0) is 54.6 Å². The molecule has 2 aromatic carbocycles. The van der Waals surface area contributed by atoms with Gasteiger partial charge in [0.05, 0.1) is 34.0 Å². The lowest BCUT2D eigenvalue weighted by atomic mass is 10.2. The zero-order valence-corrected chi connectivity index (χ0v) is 14.1. The van der Waals surface area contributed by atoms with E-state index < -0.39 is 0 Å². The SMILES string of the molecule is N#Cc1cccc(N(N=O)c2ccc(SCc3ccccn3)cc2)c1. The van der Waals surface area contributed by atoms with Gasteiger partial charge < -0.3 is 0 Å². The molecule has 0 amide bonds. The Morgan fingerprint density at radius 1 is 1.04 bits per heavy atom. The highest BCUT2D eigenvalue weighted by Crippen LogP contribution is 2.29. The van der Waals surface area contributed by atoms with Crippen LogP contribution in [0.2, 0.25) is 0 Å². The highest BCUT2D eigenvalue weighted by atomic mass is 32.2. The summed E-state index contributed by atoms with van der Waals surface area (Å²) in [6.07, 6.45) is 1.78. The van der Waals surface area contributed by atoms with Crippen molar-refractivity contribution in [3.05, 3.63) is 89.1 Å². The van der Waals surface area contributed by atoms with E-state index in [1.165, 1.54) is 5.01 Å². The van der Waals surface area contributed by atoms with E-state index in [1.807, 2.05) is 42.5 Å². The van der Waals surface area contributed by atoms with Crippen LogP contribution in [0.1, 0.15) is 11.3 Å². The average Bonchev–Trinajstić information content (AvgIpc) is 2.69. The molecule has 0 unspecified atom stereocenters. The molecule has 0 fully saturated rings. The summed E-state index contributed by atoms with van der Waals surface area (Å²) in [6, 6.07) is 22.2. The molecule has 5 nitrogen and oxygen atoms in total. The molecule has 0 saturated heterocycles. The summed E-state index contributed by atoms with van der Waals surface area (Å²) in [5, 5.41) is 13.3. The molecule has 1 heterocycles. The molecule has 0 radical (unpaired) electrons. The number of thioether (sulfide) groups is 1. The Labute approximate surface area is 149 Å². The van der Waals surface area contributed by atoms with Gasteiger partial charge in [0.2, 0.25) is 0 Å². The number of pyridine rings is 1. The zero-order chi connectivity index (χ0) is 17.5. The van der Waals surface area contributed by atoms with Crippen LogP contribution in [0.4, 0.5) is 11.4 Å². The summed E-state index contributed by atoms with van der Waals surface area (Å²) in [6.45, 7) is 0. The van der Waals surface area contributed by atoms with Gasteiger partial charge in [-0.1, -0.05) is 12.1 Å². The number of anilines is 2. The van der Waals surface area contributed by atoms with Crippen LogP contribution in [0, 0.1) is 16.2 Å². The van der Waals surface area contributed by atoms with Crippen molar-refractivity contribution in [1.82, 2.24) is 4.98 Å². The van der Waals surface area contributed by atoms with Crippen LogP contribution in [-0.4, -0.2) is 4.98 Å². The molecule has 0 saturated carbocycles. The molecule has 0 bridgehead atoms. The molecule has 0 N–H and O–H groups in total. The minimum Gasteiger partial charge on any atom is -0.260 e. The molecule has 0 spiro atoms. The summed E-state index contributed by atoms with van der Waals surface area (Å²) in [4.78, 5) is 16.7. The normalized spacial score (nSPS) is 10.0. The average molecular weight is 346 g/mol. The fraction of sp³-hybridized carbons (Fsp3) is 0.0526. The summed E-state index contributed by atoms with van der Waals surface area (Å²) in [7, 11) is 0. The van der Waals surface area contributed by atoms with Gasteiger partial charge >= 0.3 is 0 Å². The maximum Gasteiger partial charge on any atom is 0.0992 e. The minimum absolute atomic E-state index is 0.480. The van der Waals surface area contributed by atoms with Crippen LogP contribution in [0.5, 0.6) is 0 Å². The number of benzene rings is 2. The highest BCUT2D eigenvalue weighted by Gasteiger charge is 2.10. The number of hydrogen-bond acceptors (Lipinski definition) is 5. The van der Waals surface area contributed by atoms with Gasteiger partial charge in [-0.3, -0.25) is 4.98 Å². The second kappa shape index (κ2) is 8.08. The van der Waals surface area contributed by atoms with Crippen LogP contribution >= 0.6 is 11.8 Å². The van der Waals surface area contributed by atoms with E-state index in [1.54, 1.807) is 42.2 Å². The number of nitrogens with zero attached hydrogens (tertiary/aromatic N) is 4. The number of nitriles is 1. The third kappa shape index (κ3) is 4.22. The van der Waals surface area contributed by atoms with Crippen LogP contribution in [0.15, 0.2) is 83.1 Å². The first-order valence-corrected chi connectivity index (χ1v) is 8.55. The molecule has 6 heteroatoms. The van der Waals surface area contributed by atoms with Crippen molar-refractivity contribution in [2.75, 3.05) is 5.01 Å². The first-order valence-electron chi connectivity index (χ1n) is 7.56. The molecular formula is C19H14N4OS. The molecule has 3 rings (SSSR count). The maximum atomic E-state index is 11.3. The Kier molecular flexibility index (Phi) is 5.39. The second-order valence-corrected chi connectivity index (χ2v) is 6.21. The van der Waals surface area contributed by atoms with Gasteiger partial charge in [0.25, 0.3) is 0 Å². The van der Waals surface area contributed by atoms with E-state index in [-0.39, 0.29) is 0 Å². The largest absolute Gasteiger partial charge is 0.260 e. The number of hydrogen-bond donors (Lipinski definition) is 0. The lowest BCUT2D eigenvalue weighted by Gasteiger charge is -2.15. The van der Waals surface area contributed by atoms with E-state index in [9.17, 15) is 4.91 Å². The van der Waals surface area contributed by atoms with E-state index in [0.717, 1.165) is 16.3 Å². The second-order valence-electron chi connectivity index (χ2n) is 5.16. The van der Waals surface area contributed by atoms with Crippen molar-refractivity contribution in [2.24, 2.45) is 5.29 Å². The van der Waals surface area contributed by atoms with Crippen molar-refractivity contribution in [3.63, 3.8) is 0 Å². The first-order chi connectivity index (χ1) is 12.3. The van der Waals surface area contributed by atoms with Gasteiger partial charge in [0, 0.05) is 16.8 Å². The summed E-state index contributed by atoms with van der Waals surface area (Å²) in [5.74, 6) is 0.778. The van der Waals surface area contributed by atoms with E-state index >= 15 is 0 Å². The van der Waals surface area contributed by atoms with Gasteiger partial charge in [-0.15, -0.1) is 16.7 Å². The van der Waals surface area contributed by atoms with Crippen molar-refractivity contribution < 1.29 is 0 Å². The smallest absolute Gasteiger partial charge is 0.0992 e. The molecule has 0 aliphatic carbocycles. The fourth-order valence-electron chi connectivity index (χ4n) is 2.27. The highest BCUT2D eigenvalue weighted by molar-refractivity contribution is 7.98. The van der Waals surface area contributed by atoms with E-state index in [0.29, 0.717) is 16.9 Å². The van der Waals surface area contributed by atoms with Crippen LogP contribution in [0.3, 0.4) is 0 Å². The first kappa shape index (κ1) is 16.7. The molecule has 0 aliphatic rings. The van der Waals surface area contributed by atoms with Crippen LogP contribution in [-0.2, 0) is 5.75 Å². The van der Waals surface area contributed by atoms with Gasteiger partial charge in [-0.2, -0.15) is 10.3 Å². The summed E-state index contributed by atoms with van der Waals surface area (Å²) >= 11 is 1.67. The fourth-order valence-corrected chi connectivity index (χ4v) is 3.09. The standard InChI is InChI=1S/C19H14N4OS/c20-13-15-4-3-6-18(12-15)23(22-24)17-7-9-19(10-8-17)25-14-16-5-1-2-11-21-16/h1-12H,14H2. The third-order valence-corrected chi connectivity index (χ3v) is 4.54. The quantitative estimate of drug-likeness (QED) is 0.354. The number of nitroso groups, excluding NO2 is 1. The lowest BCUT2D eigenvalue weighted by molar-refractivity contribution is 1.07. The van der Waals surface area contributed by atoms with Crippen molar-refractivity contribution >= 4 is 23.1 Å². The molecular weight excluding hydrogens is 332 g/mol. The van der Waals surface area contributed by atoms with Crippen LogP contribution in [0.25, 0.3) is 0 Å². The lowest BCUT2D eigenvalue weighted by Crippen LogP contribution is -2.07. The van der Waals surface area contributed by atoms with Crippen molar-refractivity contribution in [1.29, 1.82) is 5.26 Å². The minimum atomic E-state index is 0.480. The molecule has 1 aromatic heterocycles. The number of rotatable bonds is 6. The van der Waals surface area contributed by atoms with Crippen molar-refractivity contribution in [2.45, 2.75) is 10.6 Å². The van der Waals surface area contributed by atoms with E-state index in [4.69, 9.17) is 5.26 Å². The predicted molar refractivity (Wildman–Crippen MR) is 99.3 cm³/mol. The Balaban J connectivity index is 1.74. The van der Waals surface area contributed by atoms with Crippen LogP contribution < -0.4 is 5.01 Å². The molecule has 0 atom stereocenters.